The standard InChI is InChI=1S/C15H15N3O3/c1-9-7-12(20)3-4-13(9)18-15(21)11-5-6-16-14(8-11)17-10(2)19/h3-8,20H,1-2H3,(H,18,21)(H,16,17,19). The van der Waals surface area contributed by atoms with Gasteiger partial charge in [-0.05, 0) is 42.8 Å². The lowest BCUT2D eigenvalue weighted by Gasteiger charge is -2.09. The molecule has 1 heterocycles. The quantitative estimate of drug-likeness (QED) is 0.755. The Morgan fingerprint density at radius 3 is 2.57 bits per heavy atom. The van der Waals surface area contributed by atoms with Crippen molar-refractivity contribution in [1.82, 2.24) is 4.98 Å². The number of aromatic hydroxyl groups is 1. The smallest absolute Gasteiger partial charge is 0.255 e. The van der Waals surface area contributed by atoms with Crippen LogP contribution in [0.15, 0.2) is 36.5 Å². The molecule has 0 unspecified atom stereocenters. The molecule has 1 aromatic heterocycles. The third kappa shape index (κ3) is 3.79. The minimum Gasteiger partial charge on any atom is -0.508 e. The van der Waals surface area contributed by atoms with Crippen LogP contribution in [0.25, 0.3) is 0 Å². The van der Waals surface area contributed by atoms with Crippen molar-refractivity contribution in [3.63, 3.8) is 0 Å². The number of amides is 2. The molecule has 6 nitrogen and oxygen atoms in total. The molecule has 0 atom stereocenters. The lowest BCUT2D eigenvalue weighted by molar-refractivity contribution is -0.114. The van der Waals surface area contributed by atoms with Crippen LogP contribution in [0.4, 0.5) is 11.5 Å². The summed E-state index contributed by atoms with van der Waals surface area (Å²) in [6, 6.07) is 7.73. The Bertz CT molecular complexity index is 698. The first kappa shape index (κ1) is 14.5. The lowest BCUT2D eigenvalue weighted by Crippen LogP contribution is -2.14. The van der Waals surface area contributed by atoms with Gasteiger partial charge in [0.1, 0.15) is 11.6 Å². The first-order chi connectivity index (χ1) is 9.95. The summed E-state index contributed by atoms with van der Waals surface area (Å²) in [6.07, 6.45) is 1.45. The van der Waals surface area contributed by atoms with Crippen LogP contribution in [0, 0.1) is 6.92 Å². The summed E-state index contributed by atoms with van der Waals surface area (Å²) >= 11 is 0. The average molecular weight is 285 g/mol. The average Bonchev–Trinajstić information content (AvgIpc) is 2.41. The van der Waals surface area contributed by atoms with Gasteiger partial charge in [0, 0.05) is 24.4 Å². The van der Waals surface area contributed by atoms with Gasteiger partial charge in [-0.15, -0.1) is 0 Å². The minimum absolute atomic E-state index is 0.141. The molecule has 0 aliphatic rings. The molecule has 0 spiro atoms. The first-order valence-electron chi connectivity index (χ1n) is 6.30. The molecular formula is C15H15N3O3. The van der Waals surface area contributed by atoms with Gasteiger partial charge in [0.25, 0.3) is 5.91 Å². The van der Waals surface area contributed by atoms with Crippen LogP contribution in [-0.4, -0.2) is 21.9 Å². The number of nitrogens with zero attached hydrogens (tertiary/aromatic N) is 1. The number of rotatable bonds is 3. The van der Waals surface area contributed by atoms with Crippen molar-refractivity contribution in [3.05, 3.63) is 47.7 Å². The first-order valence-corrected chi connectivity index (χ1v) is 6.30. The number of aromatic nitrogens is 1. The predicted octanol–water partition coefficient (Wildman–Crippen LogP) is 2.31. The maximum absolute atomic E-state index is 12.2. The molecule has 0 aliphatic carbocycles. The van der Waals surface area contributed by atoms with E-state index in [1.54, 1.807) is 25.1 Å². The number of hydrogen-bond acceptors (Lipinski definition) is 4. The van der Waals surface area contributed by atoms with E-state index >= 15 is 0 Å². The normalized spacial score (nSPS) is 10.0. The number of carbonyl (C=O) groups is 2. The number of phenolic OH excluding ortho intramolecular Hbond substituents is 1. The number of phenols is 1. The van der Waals surface area contributed by atoms with E-state index in [1.807, 2.05) is 0 Å². The van der Waals surface area contributed by atoms with Crippen molar-refractivity contribution in [3.8, 4) is 5.75 Å². The fraction of sp³-hybridized carbons (Fsp3) is 0.133. The van der Waals surface area contributed by atoms with E-state index < -0.39 is 0 Å². The number of carbonyl (C=O) groups excluding carboxylic acids is 2. The number of benzene rings is 1. The SMILES string of the molecule is CC(=O)Nc1cc(C(=O)Nc2ccc(O)cc2C)ccn1. The summed E-state index contributed by atoms with van der Waals surface area (Å²) in [6.45, 7) is 3.15. The Morgan fingerprint density at radius 2 is 1.90 bits per heavy atom. The topological polar surface area (TPSA) is 91.3 Å². The molecule has 2 amide bonds. The van der Waals surface area contributed by atoms with Gasteiger partial charge in [0.05, 0.1) is 0 Å². The van der Waals surface area contributed by atoms with Crippen molar-refractivity contribution in [2.24, 2.45) is 0 Å². The van der Waals surface area contributed by atoms with E-state index in [9.17, 15) is 14.7 Å². The van der Waals surface area contributed by atoms with Crippen molar-refractivity contribution in [1.29, 1.82) is 0 Å². The van der Waals surface area contributed by atoms with Crippen molar-refractivity contribution >= 4 is 23.3 Å². The summed E-state index contributed by atoms with van der Waals surface area (Å²) in [5.41, 5.74) is 1.73. The maximum Gasteiger partial charge on any atom is 0.255 e. The number of anilines is 2. The summed E-state index contributed by atoms with van der Waals surface area (Å²) in [5.74, 6) is -0.118. The molecule has 108 valence electrons. The van der Waals surface area contributed by atoms with Gasteiger partial charge in [-0.1, -0.05) is 0 Å². The van der Waals surface area contributed by atoms with Crippen LogP contribution in [-0.2, 0) is 4.79 Å². The van der Waals surface area contributed by atoms with Gasteiger partial charge in [0.2, 0.25) is 5.91 Å². The van der Waals surface area contributed by atoms with E-state index in [4.69, 9.17) is 0 Å². The summed E-state index contributed by atoms with van der Waals surface area (Å²) in [5, 5.41) is 14.6. The predicted molar refractivity (Wildman–Crippen MR) is 79.3 cm³/mol. The fourth-order valence-electron chi connectivity index (χ4n) is 1.80. The molecule has 2 rings (SSSR count). The second-order valence-corrected chi connectivity index (χ2v) is 4.56. The van der Waals surface area contributed by atoms with Crippen LogP contribution in [0.5, 0.6) is 5.75 Å². The van der Waals surface area contributed by atoms with E-state index in [0.29, 0.717) is 17.1 Å². The van der Waals surface area contributed by atoms with Crippen LogP contribution < -0.4 is 10.6 Å². The van der Waals surface area contributed by atoms with Crippen molar-refractivity contribution < 1.29 is 14.7 Å². The molecule has 0 radical (unpaired) electrons. The molecular weight excluding hydrogens is 270 g/mol. The molecule has 21 heavy (non-hydrogen) atoms. The van der Waals surface area contributed by atoms with Gasteiger partial charge in [-0.25, -0.2) is 4.98 Å². The molecule has 0 fully saturated rings. The molecule has 0 saturated heterocycles. The van der Waals surface area contributed by atoms with Crippen LogP contribution in [0.1, 0.15) is 22.8 Å². The molecule has 0 bridgehead atoms. The third-order valence-electron chi connectivity index (χ3n) is 2.78. The summed E-state index contributed by atoms with van der Waals surface area (Å²) < 4.78 is 0. The highest BCUT2D eigenvalue weighted by molar-refractivity contribution is 6.05. The zero-order chi connectivity index (χ0) is 15.4. The number of pyridine rings is 1. The Morgan fingerprint density at radius 1 is 1.14 bits per heavy atom. The van der Waals surface area contributed by atoms with E-state index in [-0.39, 0.29) is 17.6 Å². The van der Waals surface area contributed by atoms with Gasteiger partial charge in [-0.2, -0.15) is 0 Å². The Labute approximate surface area is 121 Å². The van der Waals surface area contributed by atoms with E-state index in [1.165, 1.54) is 25.3 Å². The highest BCUT2D eigenvalue weighted by Gasteiger charge is 2.09. The van der Waals surface area contributed by atoms with E-state index in [2.05, 4.69) is 15.6 Å². The highest BCUT2D eigenvalue weighted by Crippen LogP contribution is 2.21. The zero-order valence-corrected chi connectivity index (χ0v) is 11.7. The maximum atomic E-state index is 12.2. The molecule has 3 N–H and O–H groups in total. The second kappa shape index (κ2) is 6.04. The van der Waals surface area contributed by atoms with Crippen LogP contribution in [0.3, 0.4) is 0 Å². The van der Waals surface area contributed by atoms with Crippen LogP contribution in [0.2, 0.25) is 0 Å². The number of hydrogen-bond donors (Lipinski definition) is 3. The fourth-order valence-corrected chi connectivity index (χ4v) is 1.80. The van der Waals surface area contributed by atoms with Crippen molar-refractivity contribution in [2.75, 3.05) is 10.6 Å². The summed E-state index contributed by atoms with van der Waals surface area (Å²) in [4.78, 5) is 27.1. The Hall–Kier alpha value is -2.89. The molecule has 0 saturated carbocycles. The third-order valence-corrected chi connectivity index (χ3v) is 2.78. The van der Waals surface area contributed by atoms with E-state index in [0.717, 1.165) is 5.56 Å². The Kier molecular flexibility index (Phi) is 4.18. The van der Waals surface area contributed by atoms with Gasteiger partial charge < -0.3 is 15.7 Å². The second-order valence-electron chi connectivity index (χ2n) is 4.56. The Balaban J connectivity index is 2.18. The molecule has 0 aliphatic heterocycles. The minimum atomic E-state index is -0.321. The van der Waals surface area contributed by atoms with Gasteiger partial charge >= 0.3 is 0 Å². The van der Waals surface area contributed by atoms with Gasteiger partial charge in [-0.3, -0.25) is 9.59 Å². The highest BCUT2D eigenvalue weighted by atomic mass is 16.3. The number of nitrogens with one attached hydrogen (secondary N) is 2. The monoisotopic (exact) mass is 285 g/mol. The molecule has 6 heteroatoms. The van der Waals surface area contributed by atoms with Crippen molar-refractivity contribution in [2.45, 2.75) is 13.8 Å². The van der Waals surface area contributed by atoms with Crippen LogP contribution >= 0.6 is 0 Å². The molecule has 2 aromatic rings. The lowest BCUT2D eigenvalue weighted by atomic mass is 10.1. The largest absolute Gasteiger partial charge is 0.508 e. The summed E-state index contributed by atoms with van der Waals surface area (Å²) in [7, 11) is 0. The van der Waals surface area contributed by atoms with Gasteiger partial charge in [0.15, 0.2) is 0 Å². The number of aryl methyl sites for hydroxylation is 1. The zero-order valence-electron chi connectivity index (χ0n) is 11.7. The molecule has 1 aromatic carbocycles.